The van der Waals surface area contributed by atoms with E-state index in [1.165, 1.54) is 6.42 Å². The zero-order valence-electron chi connectivity index (χ0n) is 16.5. The van der Waals surface area contributed by atoms with Crippen molar-refractivity contribution in [2.24, 2.45) is 0 Å². The molecule has 1 N–H and O–H groups in total. The monoisotopic (exact) mass is 388 g/mol. The van der Waals surface area contributed by atoms with Crippen LogP contribution in [0.2, 0.25) is 0 Å². The summed E-state index contributed by atoms with van der Waals surface area (Å²) in [5.41, 5.74) is 2.19. The number of nitrogens with one attached hydrogen (secondary N) is 1. The molecule has 0 bridgehead atoms. The van der Waals surface area contributed by atoms with Gasteiger partial charge in [0.1, 0.15) is 23.3 Å². The molecule has 1 unspecified atom stereocenters. The highest BCUT2D eigenvalue weighted by molar-refractivity contribution is 5.52. The van der Waals surface area contributed by atoms with E-state index in [2.05, 4.69) is 26.3 Å². The molecule has 0 aromatic carbocycles. The molecule has 29 heavy (non-hydrogen) atoms. The van der Waals surface area contributed by atoms with E-state index < -0.39 is 0 Å². The maximum absolute atomic E-state index is 8.86. The minimum absolute atomic E-state index is 0.316. The minimum atomic E-state index is 0.316. The molecule has 1 atom stereocenters. The molecule has 7 heteroatoms. The number of nitrogens with zero attached hydrogens (tertiary/aromatic N) is 5. The number of likely N-dealkylation sites (tertiary alicyclic amines) is 1. The lowest BCUT2D eigenvalue weighted by molar-refractivity contribution is 0.248. The first-order chi connectivity index (χ1) is 14.2. The molecule has 1 aliphatic rings. The van der Waals surface area contributed by atoms with E-state index >= 15 is 0 Å². The zero-order valence-corrected chi connectivity index (χ0v) is 16.5. The Bertz CT molecular complexity index is 991. The number of hydrogen-bond donors (Lipinski definition) is 1. The van der Waals surface area contributed by atoms with Gasteiger partial charge in [0.15, 0.2) is 0 Å². The topological polar surface area (TPSA) is 90.9 Å². The molecule has 0 amide bonds. The molecule has 148 valence electrons. The minimum Gasteiger partial charge on any atom is -0.466 e. The Balaban J connectivity index is 1.38. The summed E-state index contributed by atoms with van der Waals surface area (Å²) in [4.78, 5) is 15.6. The van der Waals surface area contributed by atoms with Crippen molar-refractivity contribution in [3.63, 3.8) is 0 Å². The third kappa shape index (κ3) is 4.79. The Morgan fingerprint density at radius 2 is 2.17 bits per heavy atom. The molecule has 0 radical (unpaired) electrons. The van der Waals surface area contributed by atoms with E-state index in [1.54, 1.807) is 24.5 Å². The summed E-state index contributed by atoms with van der Waals surface area (Å²) < 4.78 is 5.68. The number of aromatic nitrogens is 3. The van der Waals surface area contributed by atoms with Crippen molar-refractivity contribution in [1.29, 1.82) is 5.26 Å². The fourth-order valence-electron chi connectivity index (χ4n) is 3.79. The molecule has 0 saturated carbocycles. The highest BCUT2D eigenvalue weighted by atomic mass is 16.3. The average molecular weight is 388 g/mol. The van der Waals surface area contributed by atoms with Gasteiger partial charge in [-0.1, -0.05) is 0 Å². The third-order valence-electron chi connectivity index (χ3n) is 5.18. The van der Waals surface area contributed by atoms with Crippen LogP contribution in [-0.4, -0.2) is 32.9 Å². The highest BCUT2D eigenvalue weighted by Crippen LogP contribution is 2.31. The van der Waals surface area contributed by atoms with E-state index in [4.69, 9.17) is 14.7 Å². The van der Waals surface area contributed by atoms with Gasteiger partial charge in [-0.05, 0) is 69.6 Å². The van der Waals surface area contributed by atoms with Crippen LogP contribution in [0.25, 0.3) is 0 Å². The van der Waals surface area contributed by atoms with Crippen molar-refractivity contribution in [2.75, 3.05) is 18.4 Å². The zero-order chi connectivity index (χ0) is 20.1. The first-order valence-electron chi connectivity index (χ1n) is 9.97. The Morgan fingerprint density at radius 1 is 1.24 bits per heavy atom. The summed E-state index contributed by atoms with van der Waals surface area (Å²) in [7, 11) is 0. The van der Waals surface area contributed by atoms with Gasteiger partial charge in [-0.2, -0.15) is 5.26 Å². The number of hydrogen-bond acceptors (Lipinski definition) is 7. The summed E-state index contributed by atoms with van der Waals surface area (Å²) in [5.74, 6) is 2.58. The van der Waals surface area contributed by atoms with Crippen LogP contribution in [0.15, 0.2) is 47.1 Å². The van der Waals surface area contributed by atoms with Crippen LogP contribution < -0.4 is 5.32 Å². The van der Waals surface area contributed by atoms with Crippen LogP contribution in [0.4, 0.5) is 11.6 Å². The number of pyridine rings is 1. The second-order valence-electron chi connectivity index (χ2n) is 7.28. The number of aryl methyl sites for hydroxylation is 2. The van der Waals surface area contributed by atoms with Crippen LogP contribution in [0, 0.1) is 18.3 Å². The Morgan fingerprint density at radius 3 is 2.93 bits per heavy atom. The number of nitriles is 1. The van der Waals surface area contributed by atoms with Gasteiger partial charge < -0.3 is 9.73 Å². The second kappa shape index (κ2) is 8.84. The maximum Gasteiger partial charge on any atom is 0.227 e. The molecule has 3 aromatic heterocycles. The molecule has 1 aliphatic heterocycles. The van der Waals surface area contributed by atoms with Gasteiger partial charge in [0.2, 0.25) is 5.95 Å². The number of rotatable bonds is 7. The summed E-state index contributed by atoms with van der Waals surface area (Å²) in [6.45, 7) is 4.10. The lowest BCUT2D eigenvalue weighted by Gasteiger charge is -2.24. The summed E-state index contributed by atoms with van der Waals surface area (Å²) in [6, 6.07) is 11.9. The quantitative estimate of drug-likeness (QED) is 0.650. The first-order valence-corrected chi connectivity index (χ1v) is 9.97. The fourth-order valence-corrected chi connectivity index (χ4v) is 3.79. The summed E-state index contributed by atoms with van der Waals surface area (Å²) >= 11 is 0. The van der Waals surface area contributed by atoms with Crippen molar-refractivity contribution in [2.45, 2.75) is 38.6 Å². The van der Waals surface area contributed by atoms with Gasteiger partial charge >= 0.3 is 0 Å². The summed E-state index contributed by atoms with van der Waals surface area (Å²) in [5, 5.41) is 12.0. The van der Waals surface area contributed by atoms with Crippen LogP contribution in [-0.2, 0) is 6.42 Å². The predicted molar refractivity (Wildman–Crippen MR) is 110 cm³/mol. The molecule has 4 rings (SSSR count). The van der Waals surface area contributed by atoms with Crippen LogP contribution in [0.1, 0.15) is 48.2 Å². The van der Waals surface area contributed by atoms with Crippen molar-refractivity contribution in [1.82, 2.24) is 19.9 Å². The Hall–Kier alpha value is -3.24. The first kappa shape index (κ1) is 19.1. The molecule has 4 heterocycles. The van der Waals surface area contributed by atoms with Gasteiger partial charge in [0.05, 0.1) is 23.6 Å². The lowest BCUT2D eigenvalue weighted by atomic mass is 10.1. The van der Waals surface area contributed by atoms with Crippen LogP contribution in [0.3, 0.4) is 0 Å². The molecule has 0 aliphatic carbocycles. The Labute approximate surface area is 170 Å². The Kier molecular flexibility index (Phi) is 5.82. The van der Waals surface area contributed by atoms with Crippen molar-refractivity contribution in [3.05, 3.63) is 65.6 Å². The molecule has 3 aromatic rings. The van der Waals surface area contributed by atoms with Crippen LogP contribution >= 0.6 is 0 Å². The van der Waals surface area contributed by atoms with Crippen molar-refractivity contribution >= 4 is 11.6 Å². The molecular formula is C22H24N6O. The van der Waals surface area contributed by atoms with E-state index in [-0.39, 0.29) is 0 Å². The van der Waals surface area contributed by atoms with Crippen molar-refractivity contribution in [3.8, 4) is 6.07 Å². The molecule has 1 saturated heterocycles. The molecular weight excluding hydrogens is 364 g/mol. The number of anilines is 2. The van der Waals surface area contributed by atoms with E-state index in [0.29, 0.717) is 17.7 Å². The third-order valence-corrected chi connectivity index (χ3v) is 5.18. The molecule has 1 fully saturated rings. The van der Waals surface area contributed by atoms with Crippen LogP contribution in [0.5, 0.6) is 0 Å². The maximum atomic E-state index is 8.86. The molecule has 7 nitrogen and oxygen atoms in total. The molecule has 0 spiro atoms. The summed E-state index contributed by atoms with van der Waals surface area (Å²) in [6.07, 6.45) is 7.72. The van der Waals surface area contributed by atoms with Crippen molar-refractivity contribution < 1.29 is 4.42 Å². The standard InChI is InChI=1S/C22H24N6O/c1-16-6-9-19(29-16)4-2-12-28-13-3-5-21(28)20-10-11-24-22(27-20)26-18-8-7-17(14-23)25-15-18/h6-11,15,21H,2-5,12-13H2,1H3,(H,24,26,27). The number of furan rings is 1. The predicted octanol–water partition coefficient (Wildman–Crippen LogP) is 4.16. The average Bonchev–Trinajstić information content (AvgIpc) is 3.38. The van der Waals surface area contributed by atoms with Gasteiger partial charge in [-0.15, -0.1) is 0 Å². The van der Waals surface area contributed by atoms with Gasteiger partial charge in [-0.3, -0.25) is 4.90 Å². The van der Waals surface area contributed by atoms with Gasteiger partial charge in [-0.25, -0.2) is 15.0 Å². The SMILES string of the molecule is Cc1ccc(CCCN2CCCC2c2ccnc(Nc3ccc(C#N)nc3)n2)o1. The van der Waals surface area contributed by atoms with E-state index in [9.17, 15) is 0 Å². The van der Waals surface area contributed by atoms with E-state index in [1.807, 2.05) is 25.1 Å². The lowest BCUT2D eigenvalue weighted by Crippen LogP contribution is -2.25. The van der Waals surface area contributed by atoms with Gasteiger partial charge in [0.25, 0.3) is 0 Å². The fraction of sp³-hybridized carbons (Fsp3) is 0.364. The van der Waals surface area contributed by atoms with Gasteiger partial charge in [0, 0.05) is 12.6 Å². The normalized spacial score (nSPS) is 16.6. The second-order valence-corrected chi connectivity index (χ2v) is 7.28. The highest BCUT2D eigenvalue weighted by Gasteiger charge is 2.27. The smallest absolute Gasteiger partial charge is 0.227 e. The largest absolute Gasteiger partial charge is 0.466 e. The van der Waals surface area contributed by atoms with E-state index in [0.717, 1.165) is 55.3 Å².